The molecule has 1 amide bonds. The molecule has 0 aliphatic carbocycles. The summed E-state index contributed by atoms with van der Waals surface area (Å²) in [5.74, 6) is -1.80. The molecule has 0 aromatic heterocycles. The zero-order chi connectivity index (χ0) is 13.8. The Balaban J connectivity index is 2.39. The normalized spacial score (nSPS) is 22.3. The number of halogens is 3. The summed E-state index contributed by atoms with van der Waals surface area (Å²) in [5, 5.41) is 0. The lowest BCUT2D eigenvalue weighted by atomic mass is 10.1. The number of rotatable bonds is 5. The summed E-state index contributed by atoms with van der Waals surface area (Å²) in [4.78, 5) is 13.0. The second-order valence-electron chi connectivity index (χ2n) is 4.55. The quantitative estimate of drug-likeness (QED) is 0.761. The van der Waals surface area contributed by atoms with Crippen LogP contribution in [0.4, 0.5) is 13.2 Å². The molecule has 0 aromatic carbocycles. The average molecular weight is 268 g/mol. The maximum Gasteiger partial charge on any atom is 0.393 e. The van der Waals surface area contributed by atoms with E-state index in [1.807, 2.05) is 0 Å². The van der Waals surface area contributed by atoms with Crippen molar-refractivity contribution in [3.05, 3.63) is 0 Å². The summed E-state index contributed by atoms with van der Waals surface area (Å²) in [7, 11) is 1.54. The van der Waals surface area contributed by atoms with Crippen LogP contribution < -0.4 is 5.73 Å². The number of hydrogen-bond acceptors (Lipinski definition) is 3. The van der Waals surface area contributed by atoms with Crippen molar-refractivity contribution >= 4 is 5.91 Å². The monoisotopic (exact) mass is 268 g/mol. The number of amides is 1. The number of hydrogen-bond donors (Lipinski definition) is 1. The Morgan fingerprint density at radius 3 is 2.72 bits per heavy atom. The molecule has 0 spiro atoms. The molecule has 106 valence electrons. The largest absolute Gasteiger partial charge is 0.393 e. The van der Waals surface area contributed by atoms with Crippen LogP contribution in [0.2, 0.25) is 0 Å². The molecule has 7 heteroatoms. The van der Waals surface area contributed by atoms with Crippen LogP contribution >= 0.6 is 0 Å². The van der Waals surface area contributed by atoms with Gasteiger partial charge >= 0.3 is 6.18 Å². The first-order chi connectivity index (χ1) is 8.36. The molecule has 0 radical (unpaired) electrons. The van der Waals surface area contributed by atoms with Crippen LogP contribution in [-0.2, 0) is 9.53 Å². The van der Waals surface area contributed by atoms with Gasteiger partial charge in [-0.3, -0.25) is 4.79 Å². The van der Waals surface area contributed by atoms with Gasteiger partial charge in [-0.1, -0.05) is 0 Å². The second kappa shape index (κ2) is 6.38. The van der Waals surface area contributed by atoms with Gasteiger partial charge in [-0.2, -0.15) is 13.2 Å². The van der Waals surface area contributed by atoms with Gasteiger partial charge in [-0.05, 0) is 19.3 Å². The minimum absolute atomic E-state index is 0.0277. The molecule has 18 heavy (non-hydrogen) atoms. The van der Waals surface area contributed by atoms with Crippen molar-refractivity contribution in [2.45, 2.75) is 31.5 Å². The molecule has 0 bridgehead atoms. The van der Waals surface area contributed by atoms with Crippen molar-refractivity contribution in [3.8, 4) is 0 Å². The van der Waals surface area contributed by atoms with Gasteiger partial charge in [-0.25, -0.2) is 0 Å². The van der Waals surface area contributed by atoms with E-state index in [0.717, 1.165) is 0 Å². The molecule has 1 heterocycles. The molecule has 1 rings (SSSR count). The van der Waals surface area contributed by atoms with E-state index in [1.165, 1.54) is 4.90 Å². The molecule has 2 N–H and O–H groups in total. The van der Waals surface area contributed by atoms with E-state index in [2.05, 4.69) is 0 Å². The third-order valence-corrected chi connectivity index (χ3v) is 3.14. The van der Waals surface area contributed by atoms with Crippen LogP contribution in [-0.4, -0.2) is 49.8 Å². The maximum absolute atomic E-state index is 12.5. The predicted molar refractivity (Wildman–Crippen MR) is 59.8 cm³/mol. The maximum atomic E-state index is 12.5. The lowest BCUT2D eigenvalue weighted by Gasteiger charge is -2.21. The summed E-state index contributed by atoms with van der Waals surface area (Å²) in [6.45, 7) is 0.369. The van der Waals surface area contributed by atoms with E-state index in [0.29, 0.717) is 19.4 Å². The minimum Gasteiger partial charge on any atom is -0.385 e. The fourth-order valence-corrected chi connectivity index (χ4v) is 2.03. The van der Waals surface area contributed by atoms with Gasteiger partial charge in [0.25, 0.3) is 0 Å². The zero-order valence-electron chi connectivity index (χ0n) is 10.4. The van der Waals surface area contributed by atoms with Crippen molar-refractivity contribution in [2.75, 3.05) is 26.8 Å². The van der Waals surface area contributed by atoms with Crippen LogP contribution in [0.5, 0.6) is 0 Å². The Kier molecular flexibility index (Phi) is 5.40. The van der Waals surface area contributed by atoms with E-state index in [4.69, 9.17) is 10.5 Å². The van der Waals surface area contributed by atoms with Crippen molar-refractivity contribution in [1.29, 1.82) is 0 Å². The van der Waals surface area contributed by atoms with Gasteiger partial charge in [0.05, 0.1) is 12.0 Å². The number of likely N-dealkylation sites (tertiary alicyclic amines) is 1. The first-order valence-electron chi connectivity index (χ1n) is 5.96. The lowest BCUT2D eigenvalue weighted by Crippen LogP contribution is -2.43. The molecule has 2 unspecified atom stereocenters. The fraction of sp³-hybridized carbons (Fsp3) is 0.909. The second-order valence-corrected chi connectivity index (χ2v) is 4.55. The Hall–Kier alpha value is -0.820. The molecule has 2 atom stereocenters. The number of ether oxygens (including phenoxy) is 1. The Morgan fingerprint density at radius 2 is 2.22 bits per heavy atom. The number of methoxy groups -OCH3 is 1. The predicted octanol–water partition coefficient (Wildman–Crippen LogP) is 1.15. The van der Waals surface area contributed by atoms with E-state index in [9.17, 15) is 18.0 Å². The van der Waals surface area contributed by atoms with E-state index in [1.54, 1.807) is 7.11 Å². The van der Waals surface area contributed by atoms with Crippen LogP contribution in [0, 0.1) is 5.92 Å². The van der Waals surface area contributed by atoms with Crippen LogP contribution in [0.3, 0.4) is 0 Å². The molecule has 0 aromatic rings. The van der Waals surface area contributed by atoms with Crippen molar-refractivity contribution < 1.29 is 22.7 Å². The molecule has 0 saturated carbocycles. The van der Waals surface area contributed by atoms with E-state index >= 15 is 0 Å². The third-order valence-electron chi connectivity index (χ3n) is 3.14. The number of alkyl halides is 3. The van der Waals surface area contributed by atoms with Gasteiger partial charge in [0.2, 0.25) is 5.91 Å². The zero-order valence-corrected chi connectivity index (χ0v) is 10.4. The summed E-state index contributed by atoms with van der Waals surface area (Å²) in [6, 6.07) is -0.730. The Morgan fingerprint density at radius 1 is 1.56 bits per heavy atom. The molecule has 4 nitrogen and oxygen atoms in total. The van der Waals surface area contributed by atoms with Crippen molar-refractivity contribution in [1.82, 2.24) is 4.90 Å². The molecular formula is C11H19F3N2O2. The highest BCUT2D eigenvalue weighted by Crippen LogP contribution is 2.33. The van der Waals surface area contributed by atoms with Gasteiger partial charge in [0.1, 0.15) is 0 Å². The lowest BCUT2D eigenvalue weighted by molar-refractivity contribution is -0.171. The van der Waals surface area contributed by atoms with Crippen LogP contribution in [0.15, 0.2) is 0 Å². The summed E-state index contributed by atoms with van der Waals surface area (Å²) in [6.07, 6.45) is -3.20. The van der Waals surface area contributed by atoms with Gasteiger partial charge < -0.3 is 15.4 Å². The van der Waals surface area contributed by atoms with Crippen molar-refractivity contribution in [2.24, 2.45) is 11.7 Å². The first kappa shape index (κ1) is 15.2. The highest BCUT2D eigenvalue weighted by molar-refractivity contribution is 5.81. The highest BCUT2D eigenvalue weighted by atomic mass is 19.4. The molecule has 1 aliphatic rings. The number of nitrogens with two attached hydrogens (primary N) is 1. The molecule has 1 fully saturated rings. The van der Waals surface area contributed by atoms with E-state index in [-0.39, 0.29) is 19.5 Å². The highest BCUT2D eigenvalue weighted by Gasteiger charge is 2.45. The van der Waals surface area contributed by atoms with Gasteiger partial charge in [0.15, 0.2) is 0 Å². The summed E-state index contributed by atoms with van der Waals surface area (Å²) < 4.78 is 42.2. The fourth-order valence-electron chi connectivity index (χ4n) is 2.03. The van der Waals surface area contributed by atoms with Gasteiger partial charge in [-0.15, -0.1) is 0 Å². The molecular weight excluding hydrogens is 249 g/mol. The number of carbonyl (C=O) groups is 1. The summed E-state index contributed by atoms with van der Waals surface area (Å²) >= 11 is 0. The first-order valence-corrected chi connectivity index (χ1v) is 5.96. The topological polar surface area (TPSA) is 55.6 Å². The third kappa shape index (κ3) is 4.13. The SMILES string of the molecule is COCCCC(N)C(=O)N1CCC(C(F)(F)F)C1. The number of carbonyl (C=O) groups excluding carboxylic acids is 1. The standard InChI is InChI=1S/C11H19F3N2O2/c1-18-6-2-3-9(15)10(17)16-5-4-8(7-16)11(12,13)14/h8-9H,2-7,15H2,1H3. The average Bonchev–Trinajstić information content (AvgIpc) is 2.77. The number of nitrogens with zero attached hydrogens (tertiary/aromatic N) is 1. The molecule has 1 saturated heterocycles. The summed E-state index contributed by atoms with van der Waals surface area (Å²) in [5.41, 5.74) is 5.66. The van der Waals surface area contributed by atoms with Gasteiger partial charge in [0, 0.05) is 26.8 Å². The van der Waals surface area contributed by atoms with Crippen LogP contribution in [0.25, 0.3) is 0 Å². The van der Waals surface area contributed by atoms with Crippen LogP contribution in [0.1, 0.15) is 19.3 Å². The smallest absolute Gasteiger partial charge is 0.385 e. The Bertz CT molecular complexity index is 284. The Labute approximate surface area is 104 Å². The molecule has 1 aliphatic heterocycles. The minimum atomic E-state index is -4.23. The van der Waals surface area contributed by atoms with Crippen molar-refractivity contribution in [3.63, 3.8) is 0 Å². The van der Waals surface area contributed by atoms with E-state index < -0.39 is 24.0 Å².